The Hall–Kier alpha value is -4.56. The third-order valence-corrected chi connectivity index (χ3v) is 16.2. The van der Waals surface area contributed by atoms with E-state index in [4.69, 9.17) is 14.2 Å². The fraction of sp³-hybridized carbons (Fsp3) is 0.463. The Morgan fingerprint density at radius 3 is 2.50 bits per heavy atom. The summed E-state index contributed by atoms with van der Waals surface area (Å²) in [5, 5.41) is 25.6. The Morgan fingerprint density at radius 2 is 1.81 bits per heavy atom. The Balaban J connectivity index is 1.21. The summed E-state index contributed by atoms with van der Waals surface area (Å²) in [7, 11) is 0.964. The van der Waals surface area contributed by atoms with Gasteiger partial charge in [0.15, 0.2) is 5.60 Å². The molecule has 0 saturated carbocycles. The molecule has 7 rings (SSSR count). The van der Waals surface area contributed by atoms with Crippen molar-refractivity contribution < 1.29 is 28.9 Å². The Labute approximate surface area is 318 Å². The van der Waals surface area contributed by atoms with Gasteiger partial charge in [-0.05, 0) is 79.4 Å². The molecule has 12 nitrogen and oxygen atoms in total. The number of hydrogen-bond acceptors (Lipinski definition) is 9. The van der Waals surface area contributed by atoms with Gasteiger partial charge in [0.05, 0.1) is 52.2 Å². The number of aliphatic hydroxyl groups excluding tert-OH is 1. The second-order valence-corrected chi connectivity index (χ2v) is 20.1. The molecular formula is C41H52N6O6Si. The van der Waals surface area contributed by atoms with Crippen molar-refractivity contribution in [1.29, 1.82) is 0 Å². The fourth-order valence-corrected chi connectivity index (χ4v) is 13.0. The van der Waals surface area contributed by atoms with Crippen molar-refractivity contribution >= 4 is 36.4 Å². The zero-order chi connectivity index (χ0) is 38.0. The largest absolute Gasteiger partial charge is 0.497 e. The summed E-state index contributed by atoms with van der Waals surface area (Å²) in [6.45, 7) is 9.48. The van der Waals surface area contributed by atoms with E-state index in [1.807, 2.05) is 65.7 Å². The van der Waals surface area contributed by atoms with Crippen LogP contribution in [0.2, 0.25) is 18.6 Å². The van der Waals surface area contributed by atoms with Crippen LogP contribution in [0.1, 0.15) is 43.0 Å². The first-order valence-electron chi connectivity index (χ1n) is 19.0. The number of aryl methyl sites for hydroxylation is 1. The molecule has 13 heteroatoms. The lowest BCUT2D eigenvalue weighted by Crippen LogP contribution is -2.51. The number of methoxy groups -OCH3 is 2. The van der Waals surface area contributed by atoms with Gasteiger partial charge in [0.25, 0.3) is 5.91 Å². The average Bonchev–Trinajstić information content (AvgIpc) is 3.84. The number of fused-ring (bicyclic) bond motifs is 2. The minimum Gasteiger partial charge on any atom is -0.497 e. The smallest absolute Gasteiger partial charge is 0.264 e. The normalized spacial score (nSPS) is 23.8. The van der Waals surface area contributed by atoms with Crippen LogP contribution < -0.4 is 30.2 Å². The van der Waals surface area contributed by atoms with Crippen LogP contribution in [0.3, 0.4) is 0 Å². The Morgan fingerprint density at radius 1 is 1.07 bits per heavy atom. The topological polar surface area (TPSA) is 140 Å². The number of carbonyl (C=O) groups excluding carboxylic acids is 2. The van der Waals surface area contributed by atoms with Crippen LogP contribution in [0.4, 0.5) is 11.4 Å². The highest BCUT2D eigenvalue weighted by Gasteiger charge is 2.66. The number of amides is 2. The predicted octanol–water partition coefficient (Wildman–Crippen LogP) is 4.62. The molecule has 1 spiro atoms. The summed E-state index contributed by atoms with van der Waals surface area (Å²) in [5.74, 6) is 1.19. The quantitative estimate of drug-likeness (QED) is 0.167. The lowest BCUT2D eigenvalue weighted by molar-refractivity contribution is -0.146. The highest BCUT2D eigenvalue weighted by atomic mass is 28.3. The third kappa shape index (κ3) is 7.05. The van der Waals surface area contributed by atoms with E-state index in [2.05, 4.69) is 53.1 Å². The number of anilines is 2. The first-order chi connectivity index (χ1) is 26.1. The second-order valence-electron chi connectivity index (χ2n) is 15.4. The van der Waals surface area contributed by atoms with Crippen LogP contribution in [0.15, 0.2) is 72.9 Å². The highest BCUT2D eigenvalue weighted by molar-refractivity contribution is 6.91. The molecule has 4 aromatic rings. The van der Waals surface area contributed by atoms with E-state index in [-0.39, 0.29) is 41.9 Å². The maximum Gasteiger partial charge on any atom is 0.264 e. The summed E-state index contributed by atoms with van der Waals surface area (Å²) < 4.78 is 20.3. The van der Waals surface area contributed by atoms with Gasteiger partial charge in [-0.25, -0.2) is 0 Å². The minimum absolute atomic E-state index is 0.00865. The number of nitrogens with zero attached hydrogens (tertiary/aromatic N) is 4. The van der Waals surface area contributed by atoms with Gasteiger partial charge in [-0.15, -0.1) is 5.10 Å². The molecule has 286 valence electrons. The number of ether oxygens (including phenoxy) is 3. The molecule has 3 aliphatic heterocycles. The van der Waals surface area contributed by atoms with Crippen molar-refractivity contribution in [3.63, 3.8) is 0 Å². The molecular weight excluding hydrogens is 701 g/mol. The van der Waals surface area contributed by atoms with Crippen molar-refractivity contribution in [1.82, 2.24) is 20.3 Å². The fourth-order valence-electron chi connectivity index (χ4n) is 8.98. The maximum absolute atomic E-state index is 15.2. The number of nitrogens with one attached hydrogen (secondary N) is 2. The van der Waals surface area contributed by atoms with Crippen LogP contribution in [0.25, 0.3) is 0 Å². The van der Waals surface area contributed by atoms with E-state index in [1.54, 1.807) is 18.9 Å². The van der Waals surface area contributed by atoms with Crippen LogP contribution in [0, 0.1) is 11.8 Å². The molecule has 2 amide bonds. The van der Waals surface area contributed by atoms with E-state index >= 15 is 4.79 Å². The molecule has 0 radical (unpaired) electrons. The zero-order valence-electron chi connectivity index (χ0n) is 31.9. The van der Waals surface area contributed by atoms with Gasteiger partial charge in [0, 0.05) is 49.5 Å². The van der Waals surface area contributed by atoms with Crippen molar-refractivity contribution in [3.8, 4) is 11.5 Å². The van der Waals surface area contributed by atoms with Gasteiger partial charge >= 0.3 is 0 Å². The monoisotopic (exact) mass is 752 g/mol. The van der Waals surface area contributed by atoms with E-state index in [9.17, 15) is 9.90 Å². The summed E-state index contributed by atoms with van der Waals surface area (Å²) in [6, 6.07) is 22.0. The number of piperidine rings is 1. The number of aliphatic hydroxyl groups is 1. The lowest BCUT2D eigenvalue weighted by atomic mass is 9.82. The Bertz CT molecular complexity index is 1950. The molecule has 3 aromatic carbocycles. The van der Waals surface area contributed by atoms with Crippen molar-refractivity contribution in [2.75, 3.05) is 44.1 Å². The second kappa shape index (κ2) is 15.7. The molecule has 0 bridgehead atoms. The first-order valence-corrected chi connectivity index (χ1v) is 22.1. The molecule has 5 atom stereocenters. The van der Waals surface area contributed by atoms with Crippen molar-refractivity contribution in [2.24, 2.45) is 11.8 Å². The minimum atomic E-state index is -2.35. The molecule has 54 heavy (non-hydrogen) atoms. The van der Waals surface area contributed by atoms with Crippen LogP contribution >= 0.6 is 0 Å². The number of benzene rings is 3. The molecule has 4 heterocycles. The number of carbonyl (C=O) groups is 2. The van der Waals surface area contributed by atoms with Crippen molar-refractivity contribution in [2.45, 2.75) is 76.0 Å². The standard InChI is InChI=1S/C41H52N6O6Si/c1-27-38(54(4,5)34-15-12-32(51-2)13-16-34)37(18-21-46-26-31(19-22-48)44-45-46)53-41(27)35-23-33(52-3)14-17-36(35)47(40(41)50)25-28-8-10-30(11-9-28)43-39(49)29-7-6-20-42-24-29/h8-17,23,26-27,29,37-38,42,48H,6-7,18-22,24-25H2,1-5H3,(H,43,49)/t27-,29?,37+,38-,41+/m0/s1. The molecule has 2 saturated heterocycles. The molecule has 3 N–H and O–H groups in total. The Kier molecular flexibility index (Phi) is 10.9. The SMILES string of the molecule is COc1ccc([Si](C)(C)[C@@H]2[C@@H](CCn3cc(CCO)nn3)O[C@]3(C(=O)N(Cc4ccc(NC(=O)C5CCCNC5)cc4)c4ccc(OC)cc43)[C@H]2C)cc1. The zero-order valence-corrected chi connectivity index (χ0v) is 32.9. The summed E-state index contributed by atoms with van der Waals surface area (Å²) in [5.41, 5.74) is 2.86. The summed E-state index contributed by atoms with van der Waals surface area (Å²) in [6.07, 6.45) is 4.56. The van der Waals surface area contributed by atoms with E-state index < -0.39 is 13.7 Å². The third-order valence-electron chi connectivity index (χ3n) is 11.9. The lowest BCUT2D eigenvalue weighted by Gasteiger charge is -2.37. The molecule has 0 aliphatic carbocycles. The molecule has 1 aromatic heterocycles. The van der Waals surface area contributed by atoms with Crippen LogP contribution in [0.5, 0.6) is 11.5 Å². The molecule has 3 aliphatic rings. The van der Waals surface area contributed by atoms with Gasteiger partial charge in [-0.2, -0.15) is 0 Å². The van der Waals surface area contributed by atoms with Gasteiger partial charge < -0.3 is 34.9 Å². The van der Waals surface area contributed by atoms with E-state index in [0.29, 0.717) is 38.2 Å². The van der Waals surface area contributed by atoms with Gasteiger partial charge in [0.2, 0.25) is 5.91 Å². The maximum atomic E-state index is 15.2. The van der Waals surface area contributed by atoms with E-state index in [0.717, 1.165) is 53.3 Å². The van der Waals surface area contributed by atoms with Gasteiger partial charge in [-0.3, -0.25) is 14.3 Å². The number of rotatable bonds is 13. The first kappa shape index (κ1) is 37.7. The average molecular weight is 753 g/mol. The molecule has 1 unspecified atom stereocenters. The van der Waals surface area contributed by atoms with Crippen molar-refractivity contribution in [3.05, 3.63) is 89.7 Å². The van der Waals surface area contributed by atoms with E-state index in [1.165, 1.54) is 5.19 Å². The van der Waals surface area contributed by atoms with Gasteiger partial charge in [0.1, 0.15) is 11.5 Å². The number of aromatic nitrogens is 3. The summed E-state index contributed by atoms with van der Waals surface area (Å²) in [4.78, 5) is 30.0. The predicted molar refractivity (Wildman–Crippen MR) is 210 cm³/mol. The van der Waals surface area contributed by atoms with Crippen LogP contribution in [-0.4, -0.2) is 80.0 Å². The summed E-state index contributed by atoms with van der Waals surface area (Å²) >= 11 is 0. The highest BCUT2D eigenvalue weighted by Crippen LogP contribution is 2.60. The van der Waals surface area contributed by atoms with Crippen LogP contribution in [-0.2, 0) is 39.4 Å². The molecule has 2 fully saturated rings. The van der Waals surface area contributed by atoms with Gasteiger partial charge in [-0.1, -0.05) is 54.7 Å². The number of hydrogen-bond donors (Lipinski definition) is 3.